The topological polar surface area (TPSA) is 43.8 Å². The number of amides is 1. The van der Waals surface area contributed by atoms with Crippen LogP contribution >= 0.6 is 11.8 Å². The summed E-state index contributed by atoms with van der Waals surface area (Å²) in [6.45, 7) is 3.06. The van der Waals surface area contributed by atoms with Crippen LogP contribution in [0.3, 0.4) is 0 Å². The number of carbonyl (C=O) groups excluding carboxylic acids is 1. The van der Waals surface area contributed by atoms with E-state index in [0.29, 0.717) is 6.54 Å². The Kier molecular flexibility index (Phi) is 4.85. The van der Waals surface area contributed by atoms with Gasteiger partial charge in [-0.15, -0.1) is 11.8 Å². The molecule has 1 heterocycles. The summed E-state index contributed by atoms with van der Waals surface area (Å²) < 4.78 is 0. The Morgan fingerprint density at radius 3 is 3.00 bits per heavy atom. The van der Waals surface area contributed by atoms with Gasteiger partial charge in [0, 0.05) is 23.2 Å². The van der Waals surface area contributed by atoms with Gasteiger partial charge in [-0.2, -0.15) is 0 Å². The molecule has 1 atom stereocenters. The van der Waals surface area contributed by atoms with Crippen LogP contribution in [-0.4, -0.2) is 54.5 Å². The third-order valence-electron chi connectivity index (χ3n) is 3.43. The van der Waals surface area contributed by atoms with Gasteiger partial charge in [-0.3, -0.25) is 9.69 Å². The number of hydrogen-bond donors (Lipinski definition) is 1. The standard InChI is InChI=1S/C14H20N2O2S/c1-11(10-17)15(2)9-14(18)16-7-8-19-13-6-4-3-5-12(13)16/h3-6,11,17H,7-10H2,1-2H3. The molecule has 1 amide bonds. The van der Waals surface area contributed by atoms with Crippen LogP contribution in [0.15, 0.2) is 29.2 Å². The molecular formula is C14H20N2O2S. The van der Waals surface area contributed by atoms with Crippen LogP contribution in [0, 0.1) is 0 Å². The first-order chi connectivity index (χ1) is 9.13. The molecule has 0 saturated heterocycles. The maximum absolute atomic E-state index is 12.4. The Hall–Kier alpha value is -1.04. The summed E-state index contributed by atoms with van der Waals surface area (Å²) in [7, 11) is 1.86. The number of fused-ring (bicyclic) bond motifs is 1. The largest absolute Gasteiger partial charge is 0.395 e. The molecule has 0 aromatic heterocycles. The highest BCUT2D eigenvalue weighted by atomic mass is 32.2. The lowest BCUT2D eigenvalue weighted by atomic mass is 10.2. The van der Waals surface area contributed by atoms with E-state index in [9.17, 15) is 4.79 Å². The Bertz CT molecular complexity index is 453. The van der Waals surface area contributed by atoms with Crippen LogP contribution in [-0.2, 0) is 4.79 Å². The first-order valence-corrected chi connectivity index (χ1v) is 7.45. The highest BCUT2D eigenvalue weighted by molar-refractivity contribution is 7.99. The van der Waals surface area contributed by atoms with Crippen LogP contribution in [0.25, 0.3) is 0 Å². The van der Waals surface area contributed by atoms with Gasteiger partial charge in [-0.1, -0.05) is 12.1 Å². The Balaban J connectivity index is 2.09. The molecule has 1 aromatic carbocycles. The van der Waals surface area contributed by atoms with Crippen LogP contribution < -0.4 is 4.90 Å². The second-order valence-electron chi connectivity index (χ2n) is 4.81. The van der Waals surface area contributed by atoms with Crippen molar-refractivity contribution in [2.45, 2.75) is 17.9 Å². The van der Waals surface area contributed by atoms with E-state index in [1.54, 1.807) is 11.8 Å². The fourth-order valence-electron chi connectivity index (χ4n) is 2.02. The van der Waals surface area contributed by atoms with Gasteiger partial charge >= 0.3 is 0 Å². The van der Waals surface area contributed by atoms with E-state index < -0.39 is 0 Å². The van der Waals surface area contributed by atoms with Crippen LogP contribution in [0.4, 0.5) is 5.69 Å². The number of benzene rings is 1. The third kappa shape index (κ3) is 3.29. The smallest absolute Gasteiger partial charge is 0.241 e. The van der Waals surface area contributed by atoms with Crippen LogP contribution in [0.2, 0.25) is 0 Å². The fraction of sp³-hybridized carbons (Fsp3) is 0.500. The van der Waals surface area contributed by atoms with Gasteiger partial charge in [0.1, 0.15) is 0 Å². The first-order valence-electron chi connectivity index (χ1n) is 6.46. The van der Waals surface area contributed by atoms with Gasteiger partial charge in [-0.05, 0) is 26.1 Å². The summed E-state index contributed by atoms with van der Waals surface area (Å²) in [5.74, 6) is 1.03. The van der Waals surface area contributed by atoms with Gasteiger partial charge in [0.15, 0.2) is 0 Å². The molecule has 1 N–H and O–H groups in total. The molecule has 1 aliphatic rings. The average molecular weight is 280 g/mol. The summed E-state index contributed by atoms with van der Waals surface area (Å²) in [6, 6.07) is 8.01. The molecule has 1 aromatic rings. The molecule has 19 heavy (non-hydrogen) atoms. The van der Waals surface area contributed by atoms with Crippen molar-refractivity contribution in [1.29, 1.82) is 0 Å². The van der Waals surface area contributed by atoms with E-state index in [4.69, 9.17) is 5.11 Å². The molecule has 0 bridgehead atoms. The zero-order valence-corrected chi connectivity index (χ0v) is 12.2. The van der Waals surface area contributed by atoms with Crippen molar-refractivity contribution in [3.8, 4) is 0 Å². The SMILES string of the molecule is CC(CO)N(C)CC(=O)N1CCSc2ccccc21. The second kappa shape index (κ2) is 6.41. The van der Waals surface area contributed by atoms with E-state index in [-0.39, 0.29) is 18.6 Å². The number of aliphatic hydroxyl groups excluding tert-OH is 1. The summed E-state index contributed by atoms with van der Waals surface area (Å²) in [4.78, 5) is 17.3. The van der Waals surface area contributed by atoms with Crippen LogP contribution in [0.1, 0.15) is 6.92 Å². The number of aliphatic hydroxyl groups is 1. The van der Waals surface area contributed by atoms with E-state index in [1.807, 2.05) is 42.0 Å². The van der Waals surface area contributed by atoms with E-state index in [1.165, 1.54) is 4.90 Å². The lowest BCUT2D eigenvalue weighted by Crippen LogP contribution is -2.44. The van der Waals surface area contributed by atoms with E-state index >= 15 is 0 Å². The van der Waals surface area contributed by atoms with Crippen molar-refractivity contribution in [1.82, 2.24) is 4.90 Å². The van der Waals surface area contributed by atoms with Crippen molar-refractivity contribution in [3.63, 3.8) is 0 Å². The summed E-state index contributed by atoms with van der Waals surface area (Å²) in [5.41, 5.74) is 1.01. The highest BCUT2D eigenvalue weighted by Crippen LogP contribution is 2.34. The number of hydrogen-bond acceptors (Lipinski definition) is 4. The van der Waals surface area contributed by atoms with Crippen molar-refractivity contribution >= 4 is 23.4 Å². The highest BCUT2D eigenvalue weighted by Gasteiger charge is 2.24. The normalized spacial score (nSPS) is 16.3. The molecule has 0 fully saturated rings. The second-order valence-corrected chi connectivity index (χ2v) is 5.95. The van der Waals surface area contributed by atoms with Gasteiger partial charge < -0.3 is 10.0 Å². The molecule has 4 nitrogen and oxygen atoms in total. The molecule has 2 rings (SSSR count). The number of anilines is 1. The van der Waals surface area contributed by atoms with E-state index in [0.717, 1.165) is 18.0 Å². The number of para-hydroxylation sites is 1. The Labute approximate surface area is 118 Å². The zero-order valence-electron chi connectivity index (χ0n) is 11.4. The summed E-state index contributed by atoms with van der Waals surface area (Å²) >= 11 is 1.79. The molecule has 5 heteroatoms. The van der Waals surface area contributed by atoms with Crippen molar-refractivity contribution in [2.75, 3.05) is 37.4 Å². The number of nitrogens with zero attached hydrogens (tertiary/aromatic N) is 2. The summed E-state index contributed by atoms with van der Waals surface area (Å²) in [6.07, 6.45) is 0. The maximum Gasteiger partial charge on any atom is 0.241 e. The first kappa shape index (κ1) is 14.4. The molecule has 1 aliphatic heterocycles. The Morgan fingerprint density at radius 1 is 1.53 bits per heavy atom. The predicted octanol–water partition coefficient (Wildman–Crippen LogP) is 1.44. The lowest BCUT2D eigenvalue weighted by molar-refractivity contribution is -0.120. The summed E-state index contributed by atoms with van der Waals surface area (Å²) in [5, 5.41) is 9.12. The number of carbonyl (C=O) groups is 1. The average Bonchev–Trinajstić information content (AvgIpc) is 2.45. The number of rotatable bonds is 4. The minimum absolute atomic E-state index is 0.00152. The molecule has 0 saturated carbocycles. The minimum atomic E-state index is -0.00152. The molecule has 104 valence electrons. The number of likely N-dealkylation sites (N-methyl/N-ethyl adjacent to an activating group) is 1. The number of thioether (sulfide) groups is 1. The van der Waals surface area contributed by atoms with Gasteiger partial charge in [0.2, 0.25) is 5.91 Å². The molecule has 1 unspecified atom stereocenters. The zero-order chi connectivity index (χ0) is 13.8. The molecule has 0 radical (unpaired) electrons. The van der Waals surface area contributed by atoms with Gasteiger partial charge in [0.25, 0.3) is 0 Å². The van der Waals surface area contributed by atoms with Gasteiger partial charge in [0.05, 0.1) is 18.8 Å². The Morgan fingerprint density at radius 2 is 2.26 bits per heavy atom. The predicted molar refractivity (Wildman–Crippen MR) is 78.7 cm³/mol. The van der Waals surface area contributed by atoms with Crippen molar-refractivity contribution in [3.05, 3.63) is 24.3 Å². The molecule has 0 spiro atoms. The van der Waals surface area contributed by atoms with Crippen molar-refractivity contribution in [2.24, 2.45) is 0 Å². The molecular weight excluding hydrogens is 260 g/mol. The van der Waals surface area contributed by atoms with Crippen LogP contribution in [0.5, 0.6) is 0 Å². The minimum Gasteiger partial charge on any atom is -0.395 e. The fourth-order valence-corrected chi connectivity index (χ4v) is 3.02. The quantitative estimate of drug-likeness (QED) is 0.906. The third-order valence-corrected chi connectivity index (χ3v) is 4.47. The van der Waals surface area contributed by atoms with Crippen molar-refractivity contribution < 1.29 is 9.90 Å². The van der Waals surface area contributed by atoms with E-state index in [2.05, 4.69) is 6.07 Å². The monoisotopic (exact) mass is 280 g/mol. The molecule has 0 aliphatic carbocycles. The lowest BCUT2D eigenvalue weighted by Gasteiger charge is -2.31. The maximum atomic E-state index is 12.4. The van der Waals surface area contributed by atoms with Gasteiger partial charge in [-0.25, -0.2) is 0 Å².